The van der Waals surface area contributed by atoms with E-state index >= 15 is 0 Å². The van der Waals surface area contributed by atoms with Crippen LogP contribution in [0.4, 0.5) is 0 Å². The van der Waals surface area contributed by atoms with E-state index in [9.17, 15) is 8.42 Å². The van der Waals surface area contributed by atoms with Crippen molar-refractivity contribution in [2.24, 2.45) is 0 Å². The number of rotatable bonds is 5. The zero-order chi connectivity index (χ0) is 13.0. The van der Waals surface area contributed by atoms with Crippen LogP contribution in [0.1, 0.15) is 5.01 Å². The molecule has 0 aliphatic carbocycles. The Morgan fingerprint density at radius 1 is 1.33 bits per heavy atom. The van der Waals surface area contributed by atoms with Crippen LogP contribution in [-0.2, 0) is 16.4 Å². The van der Waals surface area contributed by atoms with Crippen LogP contribution >= 0.6 is 22.9 Å². The van der Waals surface area contributed by atoms with E-state index in [1.807, 2.05) is 5.38 Å². The smallest absolute Gasteiger partial charge is 0.240 e. The van der Waals surface area contributed by atoms with Crippen molar-refractivity contribution in [3.8, 4) is 0 Å². The summed E-state index contributed by atoms with van der Waals surface area (Å²) >= 11 is 7.15. The minimum absolute atomic E-state index is 0.113. The van der Waals surface area contributed by atoms with Crippen molar-refractivity contribution in [1.82, 2.24) is 14.7 Å². The van der Waals surface area contributed by atoms with Gasteiger partial charge in [0, 0.05) is 30.7 Å². The van der Waals surface area contributed by atoms with Gasteiger partial charge in [0.25, 0.3) is 0 Å². The molecule has 1 N–H and O–H groups in total. The third kappa shape index (κ3) is 3.49. The van der Waals surface area contributed by atoms with Crippen LogP contribution in [0.25, 0.3) is 0 Å². The summed E-state index contributed by atoms with van der Waals surface area (Å²) in [4.78, 5) is 7.93. The van der Waals surface area contributed by atoms with Crippen LogP contribution in [0.3, 0.4) is 0 Å². The van der Waals surface area contributed by atoms with E-state index in [1.165, 1.54) is 29.7 Å². The van der Waals surface area contributed by atoms with Crippen LogP contribution < -0.4 is 4.72 Å². The van der Waals surface area contributed by atoms with E-state index in [2.05, 4.69) is 14.7 Å². The number of nitrogens with one attached hydrogen (secondary N) is 1. The van der Waals surface area contributed by atoms with Gasteiger partial charge >= 0.3 is 0 Å². The van der Waals surface area contributed by atoms with E-state index in [1.54, 1.807) is 6.20 Å². The van der Waals surface area contributed by atoms with E-state index in [0.29, 0.717) is 13.0 Å². The maximum Gasteiger partial charge on any atom is 0.240 e. The van der Waals surface area contributed by atoms with Gasteiger partial charge in [-0.1, -0.05) is 11.6 Å². The Morgan fingerprint density at radius 2 is 2.17 bits per heavy atom. The molecule has 0 aromatic carbocycles. The topological polar surface area (TPSA) is 72.0 Å². The summed E-state index contributed by atoms with van der Waals surface area (Å²) in [6.45, 7) is 0.301. The summed E-state index contributed by atoms with van der Waals surface area (Å²) in [6, 6.07) is 2.71. The highest BCUT2D eigenvalue weighted by Crippen LogP contribution is 2.12. The molecule has 0 aliphatic rings. The van der Waals surface area contributed by atoms with Gasteiger partial charge in [0.05, 0.1) is 9.90 Å². The molecular formula is C10H10ClN3O2S2. The van der Waals surface area contributed by atoms with Crippen molar-refractivity contribution in [3.05, 3.63) is 40.1 Å². The molecule has 8 heteroatoms. The number of thiazole rings is 1. The highest BCUT2D eigenvalue weighted by Gasteiger charge is 2.14. The normalized spacial score (nSPS) is 11.6. The van der Waals surface area contributed by atoms with Crippen molar-refractivity contribution in [2.45, 2.75) is 11.3 Å². The summed E-state index contributed by atoms with van der Waals surface area (Å²) < 4.78 is 26.3. The van der Waals surface area contributed by atoms with Gasteiger partial charge in [-0.05, 0) is 12.1 Å². The van der Waals surface area contributed by atoms with Crippen molar-refractivity contribution in [3.63, 3.8) is 0 Å². The van der Waals surface area contributed by atoms with Gasteiger partial charge in [-0.3, -0.25) is 0 Å². The summed E-state index contributed by atoms with van der Waals surface area (Å²) in [5.41, 5.74) is 0. The molecule has 0 aliphatic heterocycles. The lowest BCUT2D eigenvalue weighted by molar-refractivity contribution is 0.581. The summed E-state index contributed by atoms with van der Waals surface area (Å²) in [6.07, 6.45) is 3.62. The molecule has 2 aromatic heterocycles. The monoisotopic (exact) mass is 303 g/mol. The first-order valence-corrected chi connectivity index (χ1v) is 7.81. The van der Waals surface area contributed by atoms with Crippen LogP contribution in [0.15, 0.2) is 34.8 Å². The minimum Gasteiger partial charge on any atom is -0.250 e. The molecular weight excluding hydrogens is 294 g/mol. The molecule has 0 unspecified atom stereocenters. The summed E-state index contributed by atoms with van der Waals surface area (Å²) in [5.74, 6) is 0. The Morgan fingerprint density at radius 3 is 2.83 bits per heavy atom. The van der Waals surface area contributed by atoms with E-state index in [-0.39, 0.29) is 10.0 Å². The first-order valence-electron chi connectivity index (χ1n) is 5.07. The first-order chi connectivity index (χ1) is 8.58. The number of pyridine rings is 1. The third-order valence-corrected chi connectivity index (χ3v) is 4.63. The SMILES string of the molecule is O=S(=O)(NCCc1nccs1)c1ccnc(Cl)c1. The van der Waals surface area contributed by atoms with Gasteiger partial charge < -0.3 is 0 Å². The van der Waals surface area contributed by atoms with Crippen molar-refractivity contribution in [2.75, 3.05) is 6.54 Å². The Labute approximate surface area is 114 Å². The molecule has 0 radical (unpaired) electrons. The number of sulfonamides is 1. The van der Waals surface area contributed by atoms with Crippen LogP contribution in [0.5, 0.6) is 0 Å². The van der Waals surface area contributed by atoms with Gasteiger partial charge in [-0.25, -0.2) is 23.1 Å². The lowest BCUT2D eigenvalue weighted by Gasteiger charge is -2.05. The second-order valence-corrected chi connectivity index (χ2v) is 6.52. The van der Waals surface area contributed by atoms with E-state index in [0.717, 1.165) is 5.01 Å². The zero-order valence-corrected chi connectivity index (χ0v) is 11.6. The van der Waals surface area contributed by atoms with Crippen LogP contribution in [-0.4, -0.2) is 24.9 Å². The number of hydrogen-bond acceptors (Lipinski definition) is 5. The molecule has 0 spiro atoms. The standard InChI is InChI=1S/C10H10ClN3O2S2/c11-9-7-8(1-3-12-9)18(15,16)14-4-2-10-13-5-6-17-10/h1,3,5-7,14H,2,4H2. The molecule has 0 saturated carbocycles. The first kappa shape index (κ1) is 13.4. The number of halogens is 1. The van der Waals surface area contributed by atoms with E-state index in [4.69, 9.17) is 11.6 Å². The fourth-order valence-corrected chi connectivity index (χ4v) is 3.21. The highest BCUT2D eigenvalue weighted by atomic mass is 35.5. The lowest BCUT2D eigenvalue weighted by Crippen LogP contribution is -2.26. The fraction of sp³-hybridized carbons (Fsp3) is 0.200. The van der Waals surface area contributed by atoms with Gasteiger partial charge in [0.1, 0.15) is 5.15 Å². The molecule has 0 fully saturated rings. The van der Waals surface area contributed by atoms with Crippen molar-refractivity contribution < 1.29 is 8.42 Å². The number of aromatic nitrogens is 2. The Hall–Kier alpha value is -1.02. The van der Waals surface area contributed by atoms with Crippen LogP contribution in [0, 0.1) is 0 Å². The highest BCUT2D eigenvalue weighted by molar-refractivity contribution is 7.89. The Bertz CT molecular complexity index is 614. The molecule has 0 atom stereocenters. The van der Waals surface area contributed by atoms with Gasteiger partial charge in [-0.2, -0.15) is 0 Å². The van der Waals surface area contributed by atoms with Gasteiger partial charge in [0.15, 0.2) is 0 Å². The summed E-state index contributed by atoms with van der Waals surface area (Å²) in [7, 11) is -3.53. The Kier molecular flexibility index (Phi) is 4.28. The Balaban J connectivity index is 1.99. The fourth-order valence-electron chi connectivity index (χ4n) is 1.30. The largest absolute Gasteiger partial charge is 0.250 e. The maximum absolute atomic E-state index is 11.9. The minimum atomic E-state index is -3.53. The maximum atomic E-state index is 11.9. The molecule has 18 heavy (non-hydrogen) atoms. The number of nitrogens with zero attached hydrogens (tertiary/aromatic N) is 2. The van der Waals surface area contributed by atoms with Crippen LogP contribution in [0.2, 0.25) is 5.15 Å². The molecule has 5 nitrogen and oxygen atoms in total. The number of hydrogen-bond donors (Lipinski definition) is 1. The van der Waals surface area contributed by atoms with Gasteiger partial charge in [0.2, 0.25) is 10.0 Å². The van der Waals surface area contributed by atoms with Gasteiger partial charge in [-0.15, -0.1) is 11.3 Å². The molecule has 0 saturated heterocycles. The predicted molar refractivity (Wildman–Crippen MR) is 70.3 cm³/mol. The van der Waals surface area contributed by atoms with Crippen molar-refractivity contribution in [1.29, 1.82) is 0 Å². The second kappa shape index (κ2) is 5.75. The lowest BCUT2D eigenvalue weighted by atomic mass is 10.5. The average Bonchev–Trinajstić information content (AvgIpc) is 2.82. The molecule has 0 amide bonds. The second-order valence-electron chi connectivity index (χ2n) is 3.39. The third-order valence-electron chi connectivity index (χ3n) is 2.12. The van der Waals surface area contributed by atoms with E-state index < -0.39 is 10.0 Å². The van der Waals surface area contributed by atoms with Crippen molar-refractivity contribution >= 4 is 33.0 Å². The molecule has 96 valence electrons. The molecule has 2 aromatic rings. The average molecular weight is 304 g/mol. The quantitative estimate of drug-likeness (QED) is 0.854. The zero-order valence-electron chi connectivity index (χ0n) is 9.21. The molecule has 2 heterocycles. The predicted octanol–water partition coefficient (Wildman–Crippen LogP) is 1.71. The molecule has 0 bridgehead atoms. The molecule has 2 rings (SSSR count). The summed E-state index contributed by atoms with van der Waals surface area (Å²) in [5, 5.41) is 2.90.